The van der Waals surface area contributed by atoms with E-state index in [1.807, 2.05) is 0 Å². The third-order valence-corrected chi connectivity index (χ3v) is 5.02. The Morgan fingerprint density at radius 3 is 2.76 bits per heavy atom. The zero-order chi connectivity index (χ0) is 11.7. The first-order valence-corrected chi connectivity index (χ1v) is 7.42. The van der Waals surface area contributed by atoms with E-state index in [-0.39, 0.29) is 0 Å². The normalized spacial score (nSPS) is 34.8. The summed E-state index contributed by atoms with van der Waals surface area (Å²) in [4.78, 5) is 5.23. The van der Waals surface area contributed by atoms with Crippen molar-refractivity contribution >= 4 is 0 Å². The predicted octanol–water partition coefficient (Wildman–Crippen LogP) is 1.16. The second kappa shape index (κ2) is 4.87. The van der Waals surface area contributed by atoms with E-state index in [0.29, 0.717) is 5.54 Å². The monoisotopic (exact) mass is 237 g/mol. The van der Waals surface area contributed by atoms with Gasteiger partial charge in [-0.05, 0) is 38.8 Å². The Hall–Kier alpha value is -0.120. The smallest absolute Gasteiger partial charge is 0.0309 e. The van der Waals surface area contributed by atoms with Crippen LogP contribution in [0.2, 0.25) is 0 Å². The minimum atomic E-state index is 0.503. The summed E-state index contributed by atoms with van der Waals surface area (Å²) in [5, 5.41) is 3.81. The molecule has 3 aliphatic rings. The van der Waals surface area contributed by atoms with E-state index in [4.69, 9.17) is 0 Å². The highest BCUT2D eigenvalue weighted by Crippen LogP contribution is 2.32. The first kappa shape index (κ1) is 11.9. The van der Waals surface area contributed by atoms with Gasteiger partial charge in [0, 0.05) is 38.3 Å². The van der Waals surface area contributed by atoms with Gasteiger partial charge in [-0.15, -0.1) is 0 Å². The van der Waals surface area contributed by atoms with Gasteiger partial charge >= 0.3 is 0 Å². The van der Waals surface area contributed by atoms with Crippen LogP contribution in [0.15, 0.2) is 0 Å². The molecule has 3 heteroatoms. The Labute approximate surface area is 106 Å². The van der Waals surface area contributed by atoms with Crippen LogP contribution in [0.25, 0.3) is 0 Å². The van der Waals surface area contributed by atoms with E-state index in [9.17, 15) is 0 Å². The average Bonchev–Trinajstić information content (AvgIpc) is 2.89. The van der Waals surface area contributed by atoms with Gasteiger partial charge in [-0.25, -0.2) is 0 Å². The lowest BCUT2D eigenvalue weighted by Gasteiger charge is -2.42. The quantitative estimate of drug-likeness (QED) is 0.777. The summed E-state index contributed by atoms with van der Waals surface area (Å²) >= 11 is 0. The summed E-state index contributed by atoms with van der Waals surface area (Å²) in [5.41, 5.74) is 0.503. The molecule has 1 N–H and O–H groups in total. The van der Waals surface area contributed by atoms with Gasteiger partial charge in [0.05, 0.1) is 0 Å². The summed E-state index contributed by atoms with van der Waals surface area (Å²) in [6.07, 6.45) is 7.11. The number of rotatable bonds is 2. The van der Waals surface area contributed by atoms with Crippen LogP contribution >= 0.6 is 0 Å². The Morgan fingerprint density at radius 1 is 1.24 bits per heavy atom. The number of piperazine rings is 1. The van der Waals surface area contributed by atoms with E-state index >= 15 is 0 Å². The summed E-state index contributed by atoms with van der Waals surface area (Å²) in [6, 6.07) is 0. The van der Waals surface area contributed by atoms with Crippen LogP contribution in [-0.2, 0) is 0 Å². The number of likely N-dealkylation sites (tertiary alicyclic amines) is 1. The highest BCUT2D eigenvalue weighted by atomic mass is 15.2. The molecule has 3 nitrogen and oxygen atoms in total. The molecular weight excluding hydrogens is 210 g/mol. The van der Waals surface area contributed by atoms with Gasteiger partial charge in [-0.2, -0.15) is 0 Å². The number of nitrogens with one attached hydrogen (secondary N) is 1. The van der Waals surface area contributed by atoms with Crippen LogP contribution in [0, 0.1) is 5.92 Å². The molecular formula is C14H27N3. The van der Waals surface area contributed by atoms with Crippen molar-refractivity contribution in [3.05, 3.63) is 0 Å². The molecule has 2 aliphatic heterocycles. The molecule has 3 fully saturated rings. The number of nitrogens with zero attached hydrogens (tertiary/aromatic N) is 2. The Morgan fingerprint density at radius 2 is 2.06 bits per heavy atom. The van der Waals surface area contributed by atoms with Crippen LogP contribution in [-0.4, -0.2) is 61.7 Å². The van der Waals surface area contributed by atoms with Crippen LogP contribution in [0.4, 0.5) is 0 Å². The fourth-order valence-corrected chi connectivity index (χ4v) is 4.13. The fourth-order valence-electron chi connectivity index (χ4n) is 4.13. The largest absolute Gasteiger partial charge is 0.309 e. The molecule has 0 amide bonds. The fraction of sp³-hybridized carbons (Fsp3) is 1.00. The predicted molar refractivity (Wildman–Crippen MR) is 71.2 cm³/mol. The van der Waals surface area contributed by atoms with Crippen molar-refractivity contribution in [2.75, 3.05) is 46.3 Å². The maximum atomic E-state index is 3.81. The molecule has 1 saturated carbocycles. The highest BCUT2D eigenvalue weighted by molar-refractivity contribution is 4.98. The molecule has 1 atom stereocenters. The lowest BCUT2D eigenvalue weighted by atomic mass is 9.94. The second-order valence-corrected chi connectivity index (χ2v) is 6.57. The van der Waals surface area contributed by atoms with Gasteiger partial charge < -0.3 is 10.2 Å². The van der Waals surface area contributed by atoms with E-state index in [1.165, 1.54) is 71.4 Å². The molecule has 1 spiro atoms. The standard InChI is InChI=1S/C14H27N3/c1-16-8-4-13(10-16)11-17-9-7-15-14(12-17)5-2-3-6-14/h13,15H,2-12H2,1H3. The third-order valence-electron chi connectivity index (χ3n) is 5.02. The van der Waals surface area contributed by atoms with Crippen molar-refractivity contribution in [1.29, 1.82) is 0 Å². The molecule has 17 heavy (non-hydrogen) atoms. The number of hydrogen-bond donors (Lipinski definition) is 1. The summed E-state index contributed by atoms with van der Waals surface area (Å²) in [6.45, 7) is 7.75. The van der Waals surface area contributed by atoms with E-state index in [2.05, 4.69) is 22.2 Å². The topological polar surface area (TPSA) is 18.5 Å². The van der Waals surface area contributed by atoms with E-state index in [0.717, 1.165) is 5.92 Å². The van der Waals surface area contributed by atoms with Crippen molar-refractivity contribution < 1.29 is 0 Å². The zero-order valence-electron chi connectivity index (χ0n) is 11.2. The highest BCUT2D eigenvalue weighted by Gasteiger charge is 2.38. The number of hydrogen-bond acceptors (Lipinski definition) is 3. The first-order chi connectivity index (χ1) is 8.26. The molecule has 3 rings (SSSR count). The van der Waals surface area contributed by atoms with Crippen LogP contribution in [0.1, 0.15) is 32.1 Å². The summed E-state index contributed by atoms with van der Waals surface area (Å²) in [7, 11) is 2.26. The van der Waals surface area contributed by atoms with Gasteiger partial charge in [0.15, 0.2) is 0 Å². The molecule has 1 unspecified atom stereocenters. The SMILES string of the molecule is CN1CCC(CN2CCNC3(CCCC3)C2)C1. The maximum Gasteiger partial charge on any atom is 0.0309 e. The van der Waals surface area contributed by atoms with E-state index < -0.39 is 0 Å². The van der Waals surface area contributed by atoms with E-state index in [1.54, 1.807) is 0 Å². The molecule has 0 bridgehead atoms. The third kappa shape index (κ3) is 2.67. The molecule has 0 radical (unpaired) electrons. The van der Waals surface area contributed by atoms with Crippen molar-refractivity contribution in [2.24, 2.45) is 5.92 Å². The Balaban J connectivity index is 1.53. The molecule has 2 heterocycles. The van der Waals surface area contributed by atoms with Crippen molar-refractivity contribution in [3.8, 4) is 0 Å². The molecule has 0 aromatic carbocycles. The van der Waals surface area contributed by atoms with Crippen molar-refractivity contribution in [1.82, 2.24) is 15.1 Å². The Bertz CT molecular complexity index is 260. The van der Waals surface area contributed by atoms with Gasteiger partial charge in [0.2, 0.25) is 0 Å². The summed E-state index contributed by atoms with van der Waals surface area (Å²) < 4.78 is 0. The van der Waals surface area contributed by atoms with Gasteiger partial charge in [0.1, 0.15) is 0 Å². The lowest BCUT2D eigenvalue weighted by Crippen LogP contribution is -2.59. The molecule has 98 valence electrons. The molecule has 2 saturated heterocycles. The van der Waals surface area contributed by atoms with Gasteiger partial charge in [-0.3, -0.25) is 4.90 Å². The van der Waals surface area contributed by atoms with Crippen molar-refractivity contribution in [2.45, 2.75) is 37.6 Å². The van der Waals surface area contributed by atoms with Crippen molar-refractivity contribution in [3.63, 3.8) is 0 Å². The maximum absolute atomic E-state index is 3.81. The zero-order valence-corrected chi connectivity index (χ0v) is 11.2. The average molecular weight is 237 g/mol. The minimum absolute atomic E-state index is 0.503. The molecule has 1 aliphatic carbocycles. The summed E-state index contributed by atoms with van der Waals surface area (Å²) in [5.74, 6) is 0.927. The van der Waals surface area contributed by atoms with Gasteiger partial charge in [0.25, 0.3) is 0 Å². The molecule has 0 aromatic heterocycles. The minimum Gasteiger partial charge on any atom is -0.309 e. The lowest BCUT2D eigenvalue weighted by molar-refractivity contribution is 0.119. The van der Waals surface area contributed by atoms with Crippen LogP contribution in [0.3, 0.4) is 0 Å². The van der Waals surface area contributed by atoms with Crippen LogP contribution < -0.4 is 5.32 Å². The Kier molecular flexibility index (Phi) is 3.42. The van der Waals surface area contributed by atoms with Gasteiger partial charge in [-0.1, -0.05) is 12.8 Å². The second-order valence-electron chi connectivity index (χ2n) is 6.57. The van der Waals surface area contributed by atoms with Crippen LogP contribution in [0.5, 0.6) is 0 Å². The first-order valence-electron chi connectivity index (χ1n) is 7.42. The molecule has 0 aromatic rings.